The van der Waals surface area contributed by atoms with Crippen LogP contribution >= 0.6 is 11.3 Å². The Labute approximate surface area is 114 Å². The first-order valence-corrected chi connectivity index (χ1v) is 7.13. The van der Waals surface area contributed by atoms with Gasteiger partial charge in [-0.05, 0) is 19.8 Å². The SMILES string of the molecule is Cc1nnc(C(=O)N2CCC(c3cnc[nH]3)CC2)s1. The van der Waals surface area contributed by atoms with Crippen LogP contribution in [0, 0.1) is 6.92 Å². The predicted octanol–water partition coefficient (Wildman–Crippen LogP) is 1.59. The minimum atomic E-state index is 0.00802. The Morgan fingerprint density at radius 2 is 2.21 bits per heavy atom. The summed E-state index contributed by atoms with van der Waals surface area (Å²) in [6, 6.07) is 0. The maximum Gasteiger partial charge on any atom is 0.284 e. The van der Waals surface area contributed by atoms with Crippen LogP contribution in [0.4, 0.5) is 0 Å². The molecule has 6 nitrogen and oxygen atoms in total. The highest BCUT2D eigenvalue weighted by molar-refractivity contribution is 7.13. The van der Waals surface area contributed by atoms with Crippen LogP contribution in [0.2, 0.25) is 0 Å². The van der Waals surface area contributed by atoms with Gasteiger partial charge in [0.15, 0.2) is 0 Å². The summed E-state index contributed by atoms with van der Waals surface area (Å²) in [6.45, 7) is 3.39. The molecule has 0 aliphatic carbocycles. The van der Waals surface area contributed by atoms with E-state index in [1.807, 2.05) is 18.0 Å². The molecule has 1 aliphatic heterocycles. The van der Waals surface area contributed by atoms with Crippen molar-refractivity contribution in [2.24, 2.45) is 0 Å². The van der Waals surface area contributed by atoms with Crippen LogP contribution in [-0.2, 0) is 0 Å². The second-order valence-electron chi connectivity index (χ2n) is 4.70. The third-order valence-electron chi connectivity index (χ3n) is 3.45. The molecule has 1 aliphatic rings. The van der Waals surface area contributed by atoms with Gasteiger partial charge >= 0.3 is 0 Å². The quantitative estimate of drug-likeness (QED) is 0.904. The molecule has 7 heteroatoms. The number of carbonyl (C=O) groups is 1. The minimum Gasteiger partial charge on any atom is -0.348 e. The average Bonchev–Trinajstić information content (AvgIpc) is 3.09. The Balaban J connectivity index is 1.62. The number of nitrogens with one attached hydrogen (secondary N) is 1. The smallest absolute Gasteiger partial charge is 0.284 e. The van der Waals surface area contributed by atoms with E-state index >= 15 is 0 Å². The summed E-state index contributed by atoms with van der Waals surface area (Å²) < 4.78 is 0. The third kappa shape index (κ3) is 2.51. The monoisotopic (exact) mass is 277 g/mol. The Bertz CT molecular complexity index is 556. The summed E-state index contributed by atoms with van der Waals surface area (Å²) in [5.41, 5.74) is 1.17. The summed E-state index contributed by atoms with van der Waals surface area (Å²) in [7, 11) is 0. The van der Waals surface area contributed by atoms with Gasteiger partial charge in [0.05, 0.1) is 6.33 Å². The van der Waals surface area contributed by atoms with Crippen LogP contribution < -0.4 is 0 Å². The molecule has 0 spiro atoms. The number of nitrogens with zero attached hydrogens (tertiary/aromatic N) is 4. The number of hydrogen-bond donors (Lipinski definition) is 1. The molecule has 1 amide bonds. The Morgan fingerprint density at radius 3 is 2.79 bits per heavy atom. The van der Waals surface area contributed by atoms with E-state index < -0.39 is 0 Å². The van der Waals surface area contributed by atoms with Crippen molar-refractivity contribution in [3.63, 3.8) is 0 Å². The van der Waals surface area contributed by atoms with Crippen molar-refractivity contribution in [3.05, 3.63) is 28.2 Å². The fourth-order valence-electron chi connectivity index (χ4n) is 2.40. The zero-order chi connectivity index (χ0) is 13.2. The number of likely N-dealkylation sites (tertiary alicyclic amines) is 1. The van der Waals surface area contributed by atoms with Crippen LogP contribution in [0.5, 0.6) is 0 Å². The zero-order valence-corrected chi connectivity index (χ0v) is 11.5. The van der Waals surface area contributed by atoms with Crippen LogP contribution in [0.3, 0.4) is 0 Å². The lowest BCUT2D eigenvalue weighted by Crippen LogP contribution is -2.38. The van der Waals surface area contributed by atoms with Crippen LogP contribution in [0.25, 0.3) is 0 Å². The molecule has 0 unspecified atom stereocenters. The second-order valence-corrected chi connectivity index (χ2v) is 5.88. The number of piperidine rings is 1. The highest BCUT2D eigenvalue weighted by atomic mass is 32.1. The maximum atomic E-state index is 12.2. The lowest BCUT2D eigenvalue weighted by Gasteiger charge is -2.30. The normalized spacial score (nSPS) is 16.8. The third-order valence-corrected chi connectivity index (χ3v) is 4.28. The largest absolute Gasteiger partial charge is 0.348 e. The topological polar surface area (TPSA) is 74.8 Å². The highest BCUT2D eigenvalue weighted by Crippen LogP contribution is 2.27. The van der Waals surface area contributed by atoms with Crippen LogP contribution in [0.15, 0.2) is 12.5 Å². The molecule has 0 aromatic carbocycles. The second kappa shape index (κ2) is 5.08. The van der Waals surface area contributed by atoms with Gasteiger partial charge in [0.2, 0.25) is 5.01 Å². The Hall–Kier alpha value is -1.76. The van der Waals surface area contributed by atoms with E-state index in [9.17, 15) is 4.79 Å². The van der Waals surface area contributed by atoms with Crippen molar-refractivity contribution >= 4 is 17.2 Å². The molecular formula is C12H15N5OS. The molecule has 2 aromatic heterocycles. The van der Waals surface area contributed by atoms with Gasteiger partial charge in [0, 0.05) is 30.9 Å². The first-order valence-electron chi connectivity index (χ1n) is 6.31. The van der Waals surface area contributed by atoms with E-state index in [4.69, 9.17) is 0 Å². The zero-order valence-electron chi connectivity index (χ0n) is 10.7. The number of imidazole rings is 1. The van der Waals surface area contributed by atoms with Gasteiger partial charge in [0.25, 0.3) is 5.91 Å². The van der Waals surface area contributed by atoms with E-state index in [1.54, 1.807) is 6.33 Å². The first-order chi connectivity index (χ1) is 9.24. The summed E-state index contributed by atoms with van der Waals surface area (Å²) in [6.07, 6.45) is 5.50. The fourth-order valence-corrected chi connectivity index (χ4v) is 3.06. The van der Waals surface area contributed by atoms with Crippen molar-refractivity contribution in [2.75, 3.05) is 13.1 Å². The number of carbonyl (C=O) groups excluding carboxylic acids is 1. The Morgan fingerprint density at radius 1 is 1.42 bits per heavy atom. The summed E-state index contributed by atoms with van der Waals surface area (Å²) in [4.78, 5) is 21.3. The van der Waals surface area contributed by atoms with E-state index in [0.717, 1.165) is 30.9 Å². The molecule has 1 N–H and O–H groups in total. The van der Waals surface area contributed by atoms with Crippen molar-refractivity contribution in [2.45, 2.75) is 25.7 Å². The van der Waals surface area contributed by atoms with Crippen molar-refractivity contribution < 1.29 is 4.79 Å². The lowest BCUT2D eigenvalue weighted by atomic mass is 9.94. The van der Waals surface area contributed by atoms with Crippen molar-refractivity contribution in [1.82, 2.24) is 25.1 Å². The van der Waals surface area contributed by atoms with E-state index in [0.29, 0.717) is 10.9 Å². The number of rotatable bonds is 2. The molecule has 0 saturated carbocycles. The van der Waals surface area contributed by atoms with Gasteiger partial charge < -0.3 is 9.88 Å². The molecule has 3 rings (SSSR count). The summed E-state index contributed by atoms with van der Waals surface area (Å²) >= 11 is 1.36. The minimum absolute atomic E-state index is 0.00802. The highest BCUT2D eigenvalue weighted by Gasteiger charge is 2.26. The van der Waals surface area contributed by atoms with Gasteiger partial charge in [-0.3, -0.25) is 4.79 Å². The maximum absolute atomic E-state index is 12.2. The Kier molecular flexibility index (Phi) is 3.29. The molecule has 19 heavy (non-hydrogen) atoms. The molecule has 1 fully saturated rings. The standard InChI is InChI=1S/C12H15N5OS/c1-8-15-16-11(19-8)12(18)17-4-2-9(3-5-17)10-6-13-7-14-10/h6-7,9H,2-5H2,1H3,(H,13,14). The van der Waals surface area contributed by atoms with Gasteiger partial charge in [0.1, 0.15) is 5.01 Å². The molecular weight excluding hydrogens is 262 g/mol. The van der Waals surface area contributed by atoms with Gasteiger partial charge in [-0.1, -0.05) is 11.3 Å². The molecule has 0 bridgehead atoms. The number of aromatic nitrogens is 4. The van der Waals surface area contributed by atoms with Crippen LogP contribution in [-0.4, -0.2) is 44.1 Å². The molecule has 0 radical (unpaired) electrons. The van der Waals surface area contributed by atoms with Gasteiger partial charge in [-0.15, -0.1) is 10.2 Å². The van der Waals surface area contributed by atoms with Crippen LogP contribution in [0.1, 0.15) is 39.3 Å². The number of aryl methyl sites for hydroxylation is 1. The number of hydrogen-bond acceptors (Lipinski definition) is 5. The molecule has 2 aromatic rings. The summed E-state index contributed by atoms with van der Waals surface area (Å²) in [5, 5.41) is 9.14. The molecule has 100 valence electrons. The predicted molar refractivity (Wildman–Crippen MR) is 71.1 cm³/mol. The average molecular weight is 277 g/mol. The van der Waals surface area contributed by atoms with E-state index in [1.165, 1.54) is 17.0 Å². The number of aromatic amines is 1. The van der Waals surface area contributed by atoms with Gasteiger partial charge in [-0.2, -0.15) is 0 Å². The number of H-pyrrole nitrogens is 1. The molecule has 1 saturated heterocycles. The van der Waals surface area contributed by atoms with E-state index in [-0.39, 0.29) is 5.91 Å². The van der Waals surface area contributed by atoms with Crippen molar-refractivity contribution in [1.29, 1.82) is 0 Å². The van der Waals surface area contributed by atoms with Gasteiger partial charge in [-0.25, -0.2) is 4.98 Å². The van der Waals surface area contributed by atoms with Crippen molar-refractivity contribution in [3.8, 4) is 0 Å². The fraction of sp³-hybridized carbons (Fsp3) is 0.500. The van der Waals surface area contributed by atoms with E-state index in [2.05, 4.69) is 20.2 Å². The molecule has 3 heterocycles. The first kappa shape index (κ1) is 12.3. The number of amides is 1. The lowest BCUT2D eigenvalue weighted by molar-refractivity contribution is 0.0711. The molecule has 0 atom stereocenters. The summed E-state index contributed by atoms with van der Waals surface area (Å²) in [5.74, 6) is 0.483.